The molecule has 15 heavy (non-hydrogen) atoms. The van der Waals surface area contributed by atoms with Gasteiger partial charge in [-0.25, -0.2) is 0 Å². The Labute approximate surface area is 92.5 Å². The summed E-state index contributed by atoms with van der Waals surface area (Å²) >= 11 is 0. The van der Waals surface area contributed by atoms with E-state index in [0.717, 1.165) is 18.9 Å². The Bertz CT molecular complexity index is 206. The third-order valence-corrected chi connectivity index (χ3v) is 3.43. The van der Waals surface area contributed by atoms with Crippen molar-refractivity contribution in [3.63, 3.8) is 0 Å². The highest BCUT2D eigenvalue weighted by Gasteiger charge is 2.21. The Morgan fingerprint density at radius 1 is 1.47 bits per heavy atom. The van der Waals surface area contributed by atoms with Crippen LogP contribution < -0.4 is 0 Å². The van der Waals surface area contributed by atoms with Crippen LogP contribution in [-0.2, 0) is 4.79 Å². The van der Waals surface area contributed by atoms with Gasteiger partial charge in [0.25, 0.3) is 0 Å². The molecule has 3 nitrogen and oxygen atoms in total. The Morgan fingerprint density at radius 2 is 2.20 bits per heavy atom. The second-order valence-corrected chi connectivity index (χ2v) is 4.90. The molecule has 0 aromatic carbocycles. The maximum absolute atomic E-state index is 10.4. The van der Waals surface area contributed by atoms with Gasteiger partial charge in [-0.05, 0) is 38.8 Å². The molecule has 0 heterocycles. The lowest BCUT2D eigenvalue weighted by Crippen LogP contribution is -2.36. The van der Waals surface area contributed by atoms with E-state index in [1.54, 1.807) is 0 Å². The van der Waals surface area contributed by atoms with Gasteiger partial charge in [-0.15, -0.1) is 0 Å². The molecular formula is C12H23NO2. The first-order valence-corrected chi connectivity index (χ1v) is 6.01. The predicted molar refractivity (Wildman–Crippen MR) is 60.9 cm³/mol. The Morgan fingerprint density at radius 3 is 2.80 bits per heavy atom. The molecule has 0 saturated heterocycles. The number of hydrogen-bond donors (Lipinski definition) is 1. The van der Waals surface area contributed by atoms with Crippen LogP contribution in [0, 0.1) is 5.92 Å². The molecule has 2 atom stereocenters. The molecule has 1 aliphatic rings. The van der Waals surface area contributed by atoms with E-state index in [4.69, 9.17) is 5.11 Å². The van der Waals surface area contributed by atoms with Gasteiger partial charge in [-0.3, -0.25) is 4.79 Å². The molecule has 1 saturated carbocycles. The van der Waals surface area contributed by atoms with Crippen molar-refractivity contribution >= 4 is 5.97 Å². The van der Waals surface area contributed by atoms with Crippen LogP contribution in [0.25, 0.3) is 0 Å². The molecule has 1 N–H and O–H groups in total. The number of carboxylic acid groups (broad SMARTS) is 1. The molecular weight excluding hydrogens is 190 g/mol. The van der Waals surface area contributed by atoms with Gasteiger partial charge in [0.05, 0.1) is 0 Å². The minimum absolute atomic E-state index is 0.298. The molecule has 0 spiro atoms. The Hall–Kier alpha value is -0.570. The van der Waals surface area contributed by atoms with Gasteiger partial charge in [0.2, 0.25) is 0 Å². The molecule has 0 aromatic rings. The molecule has 2 unspecified atom stereocenters. The fraction of sp³-hybridized carbons (Fsp3) is 0.917. The van der Waals surface area contributed by atoms with Gasteiger partial charge in [0.1, 0.15) is 0 Å². The molecule has 88 valence electrons. The van der Waals surface area contributed by atoms with Crippen molar-refractivity contribution in [2.75, 3.05) is 13.6 Å². The molecule has 1 rings (SSSR count). The summed E-state index contributed by atoms with van der Waals surface area (Å²) in [5.41, 5.74) is 0. The average Bonchev–Trinajstić information content (AvgIpc) is 2.17. The normalized spacial score (nSPS) is 26.9. The summed E-state index contributed by atoms with van der Waals surface area (Å²) in [7, 11) is 2.13. The fourth-order valence-corrected chi connectivity index (χ4v) is 2.46. The maximum atomic E-state index is 10.4. The quantitative estimate of drug-likeness (QED) is 0.762. The second-order valence-electron chi connectivity index (χ2n) is 4.90. The van der Waals surface area contributed by atoms with Crippen molar-refractivity contribution in [3.8, 4) is 0 Å². The number of carboxylic acids is 1. The molecule has 0 radical (unpaired) electrons. The van der Waals surface area contributed by atoms with Gasteiger partial charge in [0.15, 0.2) is 0 Å². The van der Waals surface area contributed by atoms with Crippen LogP contribution in [0.15, 0.2) is 0 Å². The van der Waals surface area contributed by atoms with Crippen LogP contribution in [0.2, 0.25) is 0 Å². The summed E-state index contributed by atoms with van der Waals surface area (Å²) in [6.07, 6.45) is 6.33. The van der Waals surface area contributed by atoms with E-state index in [-0.39, 0.29) is 0 Å². The van der Waals surface area contributed by atoms with Crippen molar-refractivity contribution in [1.29, 1.82) is 0 Å². The molecule has 0 amide bonds. The smallest absolute Gasteiger partial charge is 0.303 e. The predicted octanol–water partition coefficient (Wildman–Crippen LogP) is 2.36. The van der Waals surface area contributed by atoms with Crippen molar-refractivity contribution in [3.05, 3.63) is 0 Å². The number of hydrogen-bond acceptors (Lipinski definition) is 2. The zero-order chi connectivity index (χ0) is 11.3. The fourth-order valence-electron chi connectivity index (χ4n) is 2.46. The lowest BCUT2D eigenvalue weighted by atomic mass is 9.86. The topological polar surface area (TPSA) is 40.5 Å². The molecule has 0 bridgehead atoms. The highest BCUT2D eigenvalue weighted by molar-refractivity contribution is 5.66. The summed E-state index contributed by atoms with van der Waals surface area (Å²) in [5.74, 6) is 0.158. The summed E-state index contributed by atoms with van der Waals surface area (Å²) in [5, 5.41) is 8.56. The van der Waals surface area contributed by atoms with E-state index in [2.05, 4.69) is 18.9 Å². The number of rotatable bonds is 5. The summed E-state index contributed by atoms with van der Waals surface area (Å²) < 4.78 is 0. The van der Waals surface area contributed by atoms with Crippen LogP contribution in [0.5, 0.6) is 0 Å². The van der Waals surface area contributed by atoms with Gasteiger partial charge < -0.3 is 10.0 Å². The van der Waals surface area contributed by atoms with Crippen molar-refractivity contribution in [2.45, 2.75) is 51.5 Å². The van der Waals surface area contributed by atoms with E-state index >= 15 is 0 Å². The average molecular weight is 213 g/mol. The first kappa shape index (κ1) is 12.5. The van der Waals surface area contributed by atoms with Crippen LogP contribution in [0.4, 0.5) is 0 Å². The van der Waals surface area contributed by atoms with E-state index < -0.39 is 5.97 Å². The zero-order valence-corrected chi connectivity index (χ0v) is 9.91. The largest absolute Gasteiger partial charge is 0.481 e. The highest BCUT2D eigenvalue weighted by Crippen LogP contribution is 2.26. The number of nitrogens with zero attached hydrogens (tertiary/aromatic N) is 1. The first-order valence-electron chi connectivity index (χ1n) is 6.01. The van der Waals surface area contributed by atoms with Crippen LogP contribution in [-0.4, -0.2) is 35.6 Å². The lowest BCUT2D eigenvalue weighted by Gasteiger charge is -2.34. The van der Waals surface area contributed by atoms with E-state index in [9.17, 15) is 4.79 Å². The first-order chi connectivity index (χ1) is 7.09. The molecule has 1 aliphatic carbocycles. The van der Waals surface area contributed by atoms with Crippen molar-refractivity contribution in [1.82, 2.24) is 4.90 Å². The molecule has 0 aliphatic heterocycles. The number of carbonyl (C=O) groups is 1. The van der Waals surface area contributed by atoms with Gasteiger partial charge in [0, 0.05) is 12.5 Å². The minimum Gasteiger partial charge on any atom is -0.481 e. The highest BCUT2D eigenvalue weighted by atomic mass is 16.4. The molecule has 0 aromatic heterocycles. The number of aliphatic carboxylic acids is 1. The van der Waals surface area contributed by atoms with Crippen LogP contribution >= 0.6 is 0 Å². The van der Waals surface area contributed by atoms with E-state index in [1.165, 1.54) is 25.7 Å². The summed E-state index contributed by atoms with van der Waals surface area (Å²) in [6.45, 7) is 3.24. The van der Waals surface area contributed by atoms with Crippen LogP contribution in [0.3, 0.4) is 0 Å². The van der Waals surface area contributed by atoms with Gasteiger partial charge in [-0.2, -0.15) is 0 Å². The summed E-state index contributed by atoms with van der Waals surface area (Å²) in [6, 6.07) is 0.683. The second kappa shape index (κ2) is 6.11. The van der Waals surface area contributed by atoms with Gasteiger partial charge in [-0.1, -0.05) is 19.8 Å². The molecule has 1 fully saturated rings. The minimum atomic E-state index is -0.680. The van der Waals surface area contributed by atoms with E-state index in [1.807, 2.05) is 0 Å². The standard InChI is InChI=1S/C12H23NO2/c1-10-5-3-6-11(9-10)13(2)8-4-7-12(14)15/h10-11H,3-9H2,1-2H3,(H,14,15). The van der Waals surface area contributed by atoms with Crippen LogP contribution in [0.1, 0.15) is 45.4 Å². The van der Waals surface area contributed by atoms with E-state index in [0.29, 0.717) is 12.5 Å². The third kappa shape index (κ3) is 4.65. The third-order valence-electron chi connectivity index (χ3n) is 3.43. The monoisotopic (exact) mass is 213 g/mol. The van der Waals surface area contributed by atoms with Gasteiger partial charge >= 0.3 is 5.97 Å². The maximum Gasteiger partial charge on any atom is 0.303 e. The Kier molecular flexibility index (Phi) is 5.09. The Balaban J connectivity index is 2.20. The summed E-state index contributed by atoms with van der Waals surface area (Å²) in [4.78, 5) is 12.7. The lowest BCUT2D eigenvalue weighted by molar-refractivity contribution is -0.137. The molecule has 3 heteroatoms. The van der Waals surface area contributed by atoms with Crippen molar-refractivity contribution in [2.24, 2.45) is 5.92 Å². The SMILES string of the molecule is CC1CCCC(N(C)CCCC(=O)O)C1. The van der Waals surface area contributed by atoms with Crippen molar-refractivity contribution < 1.29 is 9.90 Å². The zero-order valence-electron chi connectivity index (χ0n) is 9.91.